The highest BCUT2D eigenvalue weighted by Crippen LogP contribution is 2.34. The lowest BCUT2D eigenvalue weighted by molar-refractivity contribution is -0.123. The van der Waals surface area contributed by atoms with Gasteiger partial charge in [0.05, 0.1) is 15.9 Å². The zero-order chi connectivity index (χ0) is 20.3. The van der Waals surface area contributed by atoms with E-state index in [1.807, 2.05) is 31.2 Å². The normalized spacial score (nSPS) is 15.4. The second-order valence-electron chi connectivity index (χ2n) is 6.20. The fourth-order valence-corrected chi connectivity index (χ4v) is 4.00. The molecule has 2 aromatic rings. The number of benzene rings is 2. The molecule has 8 heteroatoms. The van der Waals surface area contributed by atoms with E-state index in [9.17, 15) is 14.4 Å². The van der Waals surface area contributed by atoms with Crippen molar-refractivity contribution in [1.82, 2.24) is 4.90 Å². The van der Waals surface area contributed by atoms with E-state index >= 15 is 0 Å². The van der Waals surface area contributed by atoms with Gasteiger partial charge in [0.1, 0.15) is 5.75 Å². The number of ether oxygens (including phenoxy) is 1. The van der Waals surface area contributed by atoms with Crippen LogP contribution in [0.25, 0.3) is 6.08 Å². The third kappa shape index (κ3) is 4.82. The van der Waals surface area contributed by atoms with Crippen molar-refractivity contribution in [1.29, 1.82) is 0 Å². The van der Waals surface area contributed by atoms with Gasteiger partial charge in [-0.2, -0.15) is 0 Å². The number of halogens is 1. The van der Waals surface area contributed by atoms with Gasteiger partial charge in [0, 0.05) is 0 Å². The van der Waals surface area contributed by atoms with Crippen LogP contribution in [0.2, 0.25) is 0 Å². The number of thioether (sulfide) groups is 1. The van der Waals surface area contributed by atoms with Crippen LogP contribution < -0.4 is 10.5 Å². The Morgan fingerprint density at radius 1 is 1.25 bits per heavy atom. The Morgan fingerprint density at radius 2 is 2.04 bits per heavy atom. The van der Waals surface area contributed by atoms with Crippen molar-refractivity contribution >= 4 is 50.8 Å². The highest BCUT2D eigenvalue weighted by atomic mass is 79.9. The van der Waals surface area contributed by atoms with Crippen LogP contribution in [0.15, 0.2) is 51.8 Å². The summed E-state index contributed by atoms with van der Waals surface area (Å²) in [4.78, 5) is 37.4. The van der Waals surface area contributed by atoms with Crippen molar-refractivity contribution < 1.29 is 19.1 Å². The molecule has 1 heterocycles. The number of aryl methyl sites for hydroxylation is 1. The third-order valence-corrected chi connectivity index (χ3v) is 5.45. The van der Waals surface area contributed by atoms with E-state index in [0.29, 0.717) is 15.1 Å². The van der Waals surface area contributed by atoms with Crippen LogP contribution in [-0.2, 0) is 16.1 Å². The number of nitrogens with two attached hydrogens (primary N) is 1. The maximum atomic E-state index is 12.7. The molecule has 0 aliphatic carbocycles. The van der Waals surface area contributed by atoms with Crippen LogP contribution in [0.5, 0.6) is 5.75 Å². The highest BCUT2D eigenvalue weighted by Gasteiger charge is 2.35. The highest BCUT2D eigenvalue weighted by molar-refractivity contribution is 9.10. The van der Waals surface area contributed by atoms with Gasteiger partial charge in [-0.1, -0.05) is 35.9 Å². The fraction of sp³-hybridized carbons (Fsp3) is 0.150. The molecule has 3 amide bonds. The number of imide groups is 1. The lowest BCUT2D eigenvalue weighted by Crippen LogP contribution is -2.27. The maximum absolute atomic E-state index is 12.7. The van der Waals surface area contributed by atoms with Crippen molar-refractivity contribution in [3.63, 3.8) is 0 Å². The zero-order valence-electron chi connectivity index (χ0n) is 15.0. The molecule has 6 nitrogen and oxygen atoms in total. The van der Waals surface area contributed by atoms with Gasteiger partial charge in [0.2, 0.25) is 0 Å². The Balaban J connectivity index is 1.76. The quantitative estimate of drug-likeness (QED) is 0.660. The fourth-order valence-electron chi connectivity index (χ4n) is 2.65. The van der Waals surface area contributed by atoms with Crippen molar-refractivity contribution in [2.45, 2.75) is 13.5 Å². The Hall–Kier alpha value is -2.58. The average Bonchev–Trinajstić information content (AvgIpc) is 2.88. The number of hydrogen-bond donors (Lipinski definition) is 1. The predicted molar refractivity (Wildman–Crippen MR) is 112 cm³/mol. The van der Waals surface area contributed by atoms with E-state index in [1.54, 1.807) is 24.3 Å². The second kappa shape index (κ2) is 8.62. The van der Waals surface area contributed by atoms with E-state index in [4.69, 9.17) is 10.5 Å². The molecule has 3 rings (SSSR count). The molecule has 2 N–H and O–H groups in total. The van der Waals surface area contributed by atoms with E-state index in [1.165, 1.54) is 4.90 Å². The number of hydrogen-bond acceptors (Lipinski definition) is 5. The Labute approximate surface area is 174 Å². The molecule has 28 heavy (non-hydrogen) atoms. The third-order valence-electron chi connectivity index (χ3n) is 3.92. The smallest absolute Gasteiger partial charge is 0.293 e. The molecular weight excluding hydrogens is 444 g/mol. The molecule has 0 spiro atoms. The first-order valence-corrected chi connectivity index (χ1v) is 9.96. The number of primary amides is 1. The van der Waals surface area contributed by atoms with Gasteiger partial charge in [-0.15, -0.1) is 0 Å². The van der Waals surface area contributed by atoms with Crippen LogP contribution in [0.4, 0.5) is 4.79 Å². The minimum absolute atomic E-state index is 0.226. The van der Waals surface area contributed by atoms with Gasteiger partial charge < -0.3 is 10.5 Å². The molecule has 0 saturated carbocycles. The second-order valence-corrected chi connectivity index (χ2v) is 8.05. The molecule has 0 atom stereocenters. The minimum Gasteiger partial charge on any atom is -0.483 e. The summed E-state index contributed by atoms with van der Waals surface area (Å²) in [6, 6.07) is 12.8. The van der Waals surface area contributed by atoms with Crippen molar-refractivity contribution in [3.05, 3.63) is 68.5 Å². The summed E-state index contributed by atoms with van der Waals surface area (Å²) in [5, 5.41) is -0.293. The minimum atomic E-state index is -0.571. The van der Waals surface area contributed by atoms with E-state index < -0.39 is 5.91 Å². The van der Waals surface area contributed by atoms with Crippen LogP contribution in [0.3, 0.4) is 0 Å². The molecule has 0 bridgehead atoms. The molecule has 144 valence electrons. The summed E-state index contributed by atoms with van der Waals surface area (Å²) in [6.07, 6.45) is 1.66. The van der Waals surface area contributed by atoms with E-state index in [-0.39, 0.29) is 24.3 Å². The summed E-state index contributed by atoms with van der Waals surface area (Å²) in [6.45, 7) is 1.98. The Kier molecular flexibility index (Phi) is 6.21. The topological polar surface area (TPSA) is 89.7 Å². The number of carbonyl (C=O) groups excluding carboxylic acids is 3. The maximum Gasteiger partial charge on any atom is 0.293 e. The predicted octanol–water partition coefficient (Wildman–Crippen LogP) is 3.86. The molecule has 1 fully saturated rings. The number of nitrogens with zero attached hydrogens (tertiary/aromatic N) is 1. The first-order chi connectivity index (χ1) is 13.3. The molecule has 0 aromatic heterocycles. The zero-order valence-corrected chi connectivity index (χ0v) is 17.4. The molecule has 0 radical (unpaired) electrons. The van der Waals surface area contributed by atoms with Gasteiger partial charge >= 0.3 is 0 Å². The summed E-state index contributed by atoms with van der Waals surface area (Å²) < 4.78 is 5.89. The van der Waals surface area contributed by atoms with Gasteiger partial charge in [0.25, 0.3) is 17.1 Å². The van der Waals surface area contributed by atoms with Crippen molar-refractivity contribution in [2.75, 3.05) is 6.61 Å². The summed E-state index contributed by atoms with van der Waals surface area (Å²) in [5.41, 5.74) is 7.77. The van der Waals surface area contributed by atoms with Crippen LogP contribution in [-0.4, -0.2) is 28.6 Å². The Morgan fingerprint density at radius 3 is 2.71 bits per heavy atom. The van der Waals surface area contributed by atoms with Crippen LogP contribution in [0.1, 0.15) is 16.7 Å². The summed E-state index contributed by atoms with van der Waals surface area (Å²) in [5.74, 6) is -0.427. The van der Waals surface area contributed by atoms with Crippen LogP contribution in [0, 0.1) is 6.92 Å². The first-order valence-electron chi connectivity index (χ1n) is 8.35. The molecule has 1 saturated heterocycles. The van der Waals surface area contributed by atoms with Gasteiger partial charge in [-0.25, -0.2) is 0 Å². The van der Waals surface area contributed by atoms with Crippen molar-refractivity contribution in [2.24, 2.45) is 5.73 Å². The Bertz CT molecular complexity index is 990. The summed E-state index contributed by atoms with van der Waals surface area (Å²) >= 11 is 4.28. The number of carbonyl (C=O) groups is 3. The SMILES string of the molecule is Cc1cccc(CN2C(=O)S/C(=C\c3ccc(OCC(N)=O)c(Br)c3)C2=O)c1. The van der Waals surface area contributed by atoms with Crippen LogP contribution >= 0.6 is 27.7 Å². The lowest BCUT2D eigenvalue weighted by Gasteiger charge is -2.12. The number of rotatable bonds is 6. The largest absolute Gasteiger partial charge is 0.483 e. The average molecular weight is 461 g/mol. The lowest BCUT2D eigenvalue weighted by atomic mass is 10.1. The molecule has 2 aromatic carbocycles. The van der Waals surface area contributed by atoms with Gasteiger partial charge in [0.15, 0.2) is 6.61 Å². The van der Waals surface area contributed by atoms with Gasteiger partial charge in [-0.3, -0.25) is 19.3 Å². The van der Waals surface area contributed by atoms with E-state index in [0.717, 1.165) is 28.5 Å². The first kappa shape index (κ1) is 20.2. The monoisotopic (exact) mass is 460 g/mol. The standard InChI is InChI=1S/C20H17BrN2O4S/c1-12-3-2-4-14(7-12)10-23-19(25)17(28-20(23)26)9-13-5-6-16(15(21)8-13)27-11-18(22)24/h2-9H,10-11H2,1H3,(H2,22,24)/b17-9-. The molecule has 0 unspecified atom stereocenters. The van der Waals surface area contributed by atoms with E-state index in [2.05, 4.69) is 15.9 Å². The number of amides is 3. The van der Waals surface area contributed by atoms with Crippen molar-refractivity contribution in [3.8, 4) is 5.75 Å². The van der Waals surface area contributed by atoms with Gasteiger partial charge in [-0.05, 0) is 64.0 Å². The molecule has 1 aliphatic rings. The molecule has 1 aliphatic heterocycles. The summed E-state index contributed by atoms with van der Waals surface area (Å²) in [7, 11) is 0. The molecular formula is C20H17BrN2O4S.